The van der Waals surface area contributed by atoms with E-state index in [4.69, 9.17) is 16.9 Å². The molecule has 2 unspecified atom stereocenters. The number of nitriles is 1. The van der Waals surface area contributed by atoms with Gasteiger partial charge in [0.15, 0.2) is 0 Å². The van der Waals surface area contributed by atoms with Gasteiger partial charge in [0.1, 0.15) is 0 Å². The summed E-state index contributed by atoms with van der Waals surface area (Å²) in [7, 11) is -3.28. The molecule has 0 saturated carbocycles. The summed E-state index contributed by atoms with van der Waals surface area (Å²) in [6.07, 6.45) is 0. The summed E-state index contributed by atoms with van der Waals surface area (Å²) in [5.74, 6) is -0.0637. The lowest BCUT2D eigenvalue weighted by molar-refractivity contribution is 0.561. The van der Waals surface area contributed by atoms with Crippen molar-refractivity contribution in [2.75, 3.05) is 18.2 Å². The van der Waals surface area contributed by atoms with Gasteiger partial charge in [-0.05, 0) is 12.8 Å². The summed E-state index contributed by atoms with van der Waals surface area (Å²) in [4.78, 5) is 0. The molecule has 0 rings (SSSR count). The van der Waals surface area contributed by atoms with E-state index in [1.807, 2.05) is 6.07 Å². The molecule has 0 heterocycles. The Labute approximate surface area is 90.3 Å². The van der Waals surface area contributed by atoms with Crippen LogP contribution in [-0.4, -0.2) is 26.6 Å². The lowest BCUT2D eigenvalue weighted by Crippen LogP contribution is -2.32. The Morgan fingerprint density at radius 1 is 1.50 bits per heavy atom. The molecule has 0 amide bonds. The molecule has 0 aromatic rings. The maximum absolute atomic E-state index is 11.3. The number of hydrogen-bond donors (Lipinski definition) is 1. The molecule has 0 aromatic carbocycles. The highest BCUT2D eigenvalue weighted by Crippen LogP contribution is 2.02. The fraction of sp³-hybridized carbons (Fsp3) is 0.875. The van der Waals surface area contributed by atoms with Crippen LogP contribution in [0.3, 0.4) is 0 Å². The van der Waals surface area contributed by atoms with Gasteiger partial charge in [-0.25, -0.2) is 13.1 Å². The van der Waals surface area contributed by atoms with Crippen molar-refractivity contribution in [1.82, 2.24) is 4.72 Å². The van der Waals surface area contributed by atoms with Gasteiger partial charge in [-0.2, -0.15) is 5.26 Å². The largest absolute Gasteiger partial charge is 0.214 e. The average molecular weight is 239 g/mol. The normalized spacial score (nSPS) is 15.9. The maximum Gasteiger partial charge on any atom is 0.211 e. The second-order valence-corrected chi connectivity index (χ2v) is 5.58. The van der Waals surface area contributed by atoms with Crippen LogP contribution in [0.2, 0.25) is 0 Å². The molecule has 0 aromatic heterocycles. The Balaban J connectivity index is 4.04. The summed E-state index contributed by atoms with van der Waals surface area (Å²) in [5, 5.41) is 8.45. The molecule has 0 bridgehead atoms. The van der Waals surface area contributed by atoms with Crippen LogP contribution in [0, 0.1) is 23.2 Å². The van der Waals surface area contributed by atoms with Gasteiger partial charge in [0.05, 0.1) is 17.7 Å². The Bertz CT molecular complexity index is 297. The molecular weight excluding hydrogens is 224 g/mol. The number of alkyl halides is 1. The highest BCUT2D eigenvalue weighted by Gasteiger charge is 2.15. The van der Waals surface area contributed by atoms with Crippen molar-refractivity contribution in [2.45, 2.75) is 13.8 Å². The van der Waals surface area contributed by atoms with Crippen molar-refractivity contribution in [3.63, 3.8) is 0 Å². The van der Waals surface area contributed by atoms with Crippen molar-refractivity contribution in [3.05, 3.63) is 0 Å². The minimum Gasteiger partial charge on any atom is -0.214 e. The van der Waals surface area contributed by atoms with E-state index in [0.29, 0.717) is 5.88 Å². The number of hydrogen-bond acceptors (Lipinski definition) is 3. The molecule has 0 saturated heterocycles. The molecule has 0 radical (unpaired) electrons. The Morgan fingerprint density at radius 2 is 2.07 bits per heavy atom. The minimum atomic E-state index is -3.28. The number of sulfonamides is 1. The van der Waals surface area contributed by atoms with E-state index in [1.54, 1.807) is 13.8 Å². The monoisotopic (exact) mass is 238 g/mol. The van der Waals surface area contributed by atoms with Gasteiger partial charge in [0.25, 0.3) is 0 Å². The molecule has 0 fully saturated rings. The summed E-state index contributed by atoms with van der Waals surface area (Å²) in [6, 6.07) is 1.95. The van der Waals surface area contributed by atoms with E-state index in [0.717, 1.165) is 0 Å². The van der Waals surface area contributed by atoms with Crippen LogP contribution in [0.15, 0.2) is 0 Å². The first kappa shape index (κ1) is 13.7. The zero-order valence-corrected chi connectivity index (χ0v) is 9.90. The van der Waals surface area contributed by atoms with Crippen LogP contribution >= 0.6 is 11.6 Å². The van der Waals surface area contributed by atoms with Crippen LogP contribution in [0.5, 0.6) is 0 Å². The van der Waals surface area contributed by atoms with Crippen LogP contribution in [-0.2, 0) is 10.0 Å². The first-order valence-electron chi connectivity index (χ1n) is 4.34. The van der Waals surface area contributed by atoms with Crippen molar-refractivity contribution in [3.8, 4) is 6.07 Å². The molecule has 0 aliphatic rings. The standard InChI is InChI=1S/C8H15ClN2O2S/c1-7(3-9)6-14(12,13)11-5-8(2)4-10/h7-8,11H,3,5-6H2,1-2H3. The predicted molar refractivity (Wildman–Crippen MR) is 56.5 cm³/mol. The van der Waals surface area contributed by atoms with Crippen molar-refractivity contribution < 1.29 is 8.42 Å². The topological polar surface area (TPSA) is 70.0 Å². The SMILES string of the molecule is CC(C#N)CNS(=O)(=O)CC(C)CCl. The van der Waals surface area contributed by atoms with E-state index in [2.05, 4.69) is 4.72 Å². The number of rotatable bonds is 6. The molecule has 0 aliphatic carbocycles. The molecule has 6 heteroatoms. The third-order valence-corrected chi connectivity index (χ3v) is 3.74. The maximum atomic E-state index is 11.3. The van der Waals surface area contributed by atoms with Crippen LogP contribution in [0.25, 0.3) is 0 Å². The van der Waals surface area contributed by atoms with Crippen LogP contribution in [0.4, 0.5) is 0 Å². The fourth-order valence-corrected chi connectivity index (χ4v) is 2.50. The highest BCUT2D eigenvalue weighted by atomic mass is 35.5. The summed E-state index contributed by atoms with van der Waals surface area (Å²) < 4.78 is 25.0. The van der Waals surface area contributed by atoms with E-state index in [-0.39, 0.29) is 24.1 Å². The van der Waals surface area contributed by atoms with Gasteiger partial charge < -0.3 is 0 Å². The molecule has 14 heavy (non-hydrogen) atoms. The number of nitrogens with one attached hydrogen (secondary N) is 1. The fourth-order valence-electron chi connectivity index (χ4n) is 0.776. The van der Waals surface area contributed by atoms with Gasteiger partial charge in [0, 0.05) is 12.4 Å². The first-order chi connectivity index (χ1) is 6.41. The van der Waals surface area contributed by atoms with E-state index in [1.165, 1.54) is 0 Å². The summed E-state index contributed by atoms with van der Waals surface area (Å²) in [6.45, 7) is 3.58. The summed E-state index contributed by atoms with van der Waals surface area (Å²) >= 11 is 5.50. The highest BCUT2D eigenvalue weighted by molar-refractivity contribution is 7.89. The molecular formula is C8H15ClN2O2S. The van der Waals surface area contributed by atoms with E-state index >= 15 is 0 Å². The molecule has 1 N–H and O–H groups in total. The van der Waals surface area contributed by atoms with Gasteiger partial charge in [0.2, 0.25) is 10.0 Å². The van der Waals surface area contributed by atoms with E-state index < -0.39 is 10.0 Å². The van der Waals surface area contributed by atoms with Crippen molar-refractivity contribution in [1.29, 1.82) is 5.26 Å². The average Bonchev–Trinajstić information content (AvgIpc) is 2.13. The molecule has 4 nitrogen and oxygen atoms in total. The second kappa shape index (κ2) is 6.23. The van der Waals surface area contributed by atoms with Gasteiger partial charge in [-0.1, -0.05) is 6.92 Å². The lowest BCUT2D eigenvalue weighted by Gasteiger charge is -2.10. The molecule has 0 spiro atoms. The second-order valence-electron chi connectivity index (χ2n) is 3.42. The lowest BCUT2D eigenvalue weighted by atomic mass is 10.2. The zero-order chi connectivity index (χ0) is 11.2. The first-order valence-corrected chi connectivity index (χ1v) is 6.53. The zero-order valence-electron chi connectivity index (χ0n) is 8.33. The predicted octanol–water partition coefficient (Wildman–Crippen LogP) is 0.940. The number of nitrogens with zero attached hydrogens (tertiary/aromatic N) is 1. The Hall–Kier alpha value is -0.310. The third kappa shape index (κ3) is 6.19. The minimum absolute atomic E-state index is 0.00858. The molecule has 2 atom stereocenters. The van der Waals surface area contributed by atoms with Crippen LogP contribution < -0.4 is 4.72 Å². The van der Waals surface area contributed by atoms with Gasteiger partial charge in [-0.3, -0.25) is 0 Å². The molecule has 0 aliphatic heterocycles. The van der Waals surface area contributed by atoms with Crippen molar-refractivity contribution in [2.24, 2.45) is 11.8 Å². The van der Waals surface area contributed by atoms with Gasteiger partial charge in [-0.15, -0.1) is 11.6 Å². The third-order valence-electron chi connectivity index (χ3n) is 1.60. The quantitative estimate of drug-likeness (QED) is 0.701. The van der Waals surface area contributed by atoms with Gasteiger partial charge >= 0.3 is 0 Å². The summed E-state index contributed by atoms with van der Waals surface area (Å²) in [5.41, 5.74) is 0. The number of halogens is 1. The smallest absolute Gasteiger partial charge is 0.211 e. The molecule has 82 valence electrons. The van der Waals surface area contributed by atoms with Crippen LogP contribution in [0.1, 0.15) is 13.8 Å². The van der Waals surface area contributed by atoms with E-state index in [9.17, 15) is 8.42 Å². The van der Waals surface area contributed by atoms with Crippen molar-refractivity contribution >= 4 is 21.6 Å². The Kier molecular flexibility index (Phi) is 6.09. The Morgan fingerprint density at radius 3 is 2.50 bits per heavy atom.